The Kier molecular flexibility index (Phi) is 5.72. The van der Waals surface area contributed by atoms with Gasteiger partial charge in [0.25, 0.3) is 0 Å². The van der Waals surface area contributed by atoms with Crippen LogP contribution in [-0.2, 0) is 25.5 Å². The van der Waals surface area contributed by atoms with Crippen LogP contribution in [0.2, 0.25) is 0 Å². The van der Waals surface area contributed by atoms with E-state index in [0.29, 0.717) is 6.61 Å². The van der Waals surface area contributed by atoms with E-state index in [2.05, 4.69) is 69.3 Å². The summed E-state index contributed by atoms with van der Waals surface area (Å²) in [7, 11) is 0. The minimum atomic E-state index is -1.21. The lowest BCUT2D eigenvalue weighted by Crippen LogP contribution is -2.33. The standard InChI is InChI=1S/C28H30O3/c1-5-6-19-30-26(29)28(25-17-11-22(4)12-18-25)27(31-28,23-13-7-20(2)8-14-23)24-15-9-21(3)10-16-24/h7-18H,5-6,19H2,1-4H3. The second-order valence-corrected chi connectivity index (χ2v) is 8.55. The second kappa shape index (κ2) is 8.32. The largest absolute Gasteiger partial charge is 0.463 e. The molecule has 0 amide bonds. The summed E-state index contributed by atoms with van der Waals surface area (Å²) < 4.78 is 12.4. The number of hydrogen-bond donors (Lipinski definition) is 0. The molecule has 0 bridgehead atoms. The Hall–Kier alpha value is -2.91. The van der Waals surface area contributed by atoms with E-state index in [1.54, 1.807) is 0 Å². The van der Waals surface area contributed by atoms with Crippen molar-refractivity contribution in [3.63, 3.8) is 0 Å². The Bertz CT molecular complexity index is 1000. The van der Waals surface area contributed by atoms with Gasteiger partial charge in [-0.3, -0.25) is 0 Å². The lowest BCUT2D eigenvalue weighted by molar-refractivity contribution is -0.150. The molecule has 1 aliphatic rings. The number of carbonyl (C=O) groups excluding carboxylic acids is 1. The molecule has 1 fully saturated rings. The predicted molar refractivity (Wildman–Crippen MR) is 123 cm³/mol. The van der Waals surface area contributed by atoms with Crippen molar-refractivity contribution in [2.45, 2.75) is 51.7 Å². The third-order valence-electron chi connectivity index (χ3n) is 6.15. The van der Waals surface area contributed by atoms with Crippen molar-refractivity contribution in [1.29, 1.82) is 0 Å². The highest BCUT2D eigenvalue weighted by atomic mass is 16.7. The zero-order valence-corrected chi connectivity index (χ0v) is 18.8. The molecule has 1 heterocycles. The molecule has 0 saturated carbocycles. The molecule has 0 aromatic heterocycles. The van der Waals surface area contributed by atoms with Crippen molar-refractivity contribution < 1.29 is 14.3 Å². The number of hydrogen-bond acceptors (Lipinski definition) is 3. The maximum Gasteiger partial charge on any atom is 0.347 e. The molecule has 160 valence electrons. The number of aryl methyl sites for hydroxylation is 3. The molecule has 3 aromatic rings. The Labute approximate surface area is 185 Å². The summed E-state index contributed by atoms with van der Waals surface area (Å²) in [5, 5.41) is 0. The molecule has 4 rings (SSSR count). The van der Waals surface area contributed by atoms with Gasteiger partial charge in [-0.15, -0.1) is 0 Å². The molecule has 1 atom stereocenters. The molecule has 3 aromatic carbocycles. The summed E-state index contributed by atoms with van der Waals surface area (Å²) in [5.74, 6) is -0.328. The molecule has 1 saturated heterocycles. The SMILES string of the molecule is CCCCOC(=O)C1(c2ccc(C)cc2)OC1(c1ccc(C)cc1)c1ccc(C)cc1. The van der Waals surface area contributed by atoms with E-state index in [4.69, 9.17) is 9.47 Å². The highest BCUT2D eigenvalue weighted by Gasteiger charge is 2.78. The normalized spacial score (nSPS) is 19.1. The number of carbonyl (C=O) groups is 1. The molecule has 3 heteroatoms. The lowest BCUT2D eigenvalue weighted by atomic mass is 9.76. The fraction of sp³-hybridized carbons (Fsp3) is 0.321. The van der Waals surface area contributed by atoms with Crippen LogP contribution in [0, 0.1) is 20.8 Å². The van der Waals surface area contributed by atoms with Crippen LogP contribution in [0.15, 0.2) is 72.8 Å². The highest BCUT2D eigenvalue weighted by molar-refractivity contribution is 5.89. The molecular formula is C28H30O3. The number of esters is 1. The van der Waals surface area contributed by atoms with Gasteiger partial charge in [-0.05, 0) is 43.9 Å². The van der Waals surface area contributed by atoms with Crippen LogP contribution in [0.1, 0.15) is 53.1 Å². The van der Waals surface area contributed by atoms with Crippen molar-refractivity contribution in [1.82, 2.24) is 0 Å². The molecule has 0 N–H and O–H groups in total. The quantitative estimate of drug-likeness (QED) is 0.265. The van der Waals surface area contributed by atoms with Crippen molar-refractivity contribution in [3.05, 3.63) is 106 Å². The summed E-state index contributed by atoms with van der Waals surface area (Å²) in [6, 6.07) is 24.5. The Morgan fingerprint density at radius 1 is 0.742 bits per heavy atom. The minimum Gasteiger partial charge on any atom is -0.463 e. The van der Waals surface area contributed by atoms with E-state index in [0.717, 1.165) is 46.2 Å². The van der Waals surface area contributed by atoms with Crippen LogP contribution in [0.3, 0.4) is 0 Å². The topological polar surface area (TPSA) is 38.8 Å². The predicted octanol–water partition coefficient (Wildman–Crippen LogP) is 6.12. The first-order valence-corrected chi connectivity index (χ1v) is 11.0. The smallest absolute Gasteiger partial charge is 0.347 e. The molecule has 3 nitrogen and oxygen atoms in total. The van der Waals surface area contributed by atoms with Crippen molar-refractivity contribution in [2.75, 3.05) is 6.61 Å². The average molecular weight is 415 g/mol. The van der Waals surface area contributed by atoms with Gasteiger partial charge in [-0.25, -0.2) is 4.79 Å². The number of rotatable bonds is 7. The number of epoxide rings is 1. The molecule has 31 heavy (non-hydrogen) atoms. The first-order chi connectivity index (χ1) is 14.9. The van der Waals surface area contributed by atoms with Gasteiger partial charge in [0.15, 0.2) is 5.60 Å². The Balaban J connectivity index is 1.90. The van der Waals surface area contributed by atoms with Gasteiger partial charge >= 0.3 is 5.97 Å². The van der Waals surface area contributed by atoms with E-state index >= 15 is 0 Å². The second-order valence-electron chi connectivity index (χ2n) is 8.55. The van der Waals surface area contributed by atoms with Gasteiger partial charge in [-0.1, -0.05) is 103 Å². The molecule has 1 aliphatic heterocycles. The van der Waals surface area contributed by atoms with E-state index < -0.39 is 11.2 Å². The first-order valence-electron chi connectivity index (χ1n) is 11.0. The van der Waals surface area contributed by atoms with E-state index in [-0.39, 0.29) is 5.97 Å². The van der Waals surface area contributed by atoms with Crippen LogP contribution in [0.4, 0.5) is 0 Å². The highest BCUT2D eigenvalue weighted by Crippen LogP contribution is 2.66. The average Bonchev–Trinajstić information content (AvgIpc) is 3.48. The zero-order valence-electron chi connectivity index (χ0n) is 18.8. The van der Waals surface area contributed by atoms with Gasteiger partial charge < -0.3 is 9.47 Å². The van der Waals surface area contributed by atoms with Gasteiger partial charge in [0, 0.05) is 0 Å². The van der Waals surface area contributed by atoms with Crippen molar-refractivity contribution in [2.24, 2.45) is 0 Å². The summed E-state index contributed by atoms with van der Waals surface area (Å²) in [5.41, 5.74) is 4.05. The van der Waals surface area contributed by atoms with Crippen LogP contribution >= 0.6 is 0 Å². The van der Waals surface area contributed by atoms with Crippen LogP contribution < -0.4 is 0 Å². The van der Waals surface area contributed by atoms with Gasteiger partial charge in [0.1, 0.15) is 0 Å². The number of unbranched alkanes of at least 4 members (excludes halogenated alkanes) is 1. The van der Waals surface area contributed by atoms with Crippen molar-refractivity contribution in [3.8, 4) is 0 Å². The Morgan fingerprint density at radius 3 is 1.58 bits per heavy atom. The monoisotopic (exact) mass is 414 g/mol. The van der Waals surface area contributed by atoms with Gasteiger partial charge in [0.2, 0.25) is 5.60 Å². The fourth-order valence-corrected chi connectivity index (χ4v) is 4.24. The summed E-state index contributed by atoms with van der Waals surface area (Å²) in [6.07, 6.45) is 1.80. The maximum absolute atomic E-state index is 13.6. The van der Waals surface area contributed by atoms with Crippen LogP contribution in [0.25, 0.3) is 0 Å². The van der Waals surface area contributed by atoms with Crippen LogP contribution in [-0.4, -0.2) is 12.6 Å². The summed E-state index contributed by atoms with van der Waals surface area (Å²) >= 11 is 0. The molecular weight excluding hydrogens is 384 g/mol. The van der Waals surface area contributed by atoms with E-state index in [1.807, 2.05) is 31.2 Å². The molecule has 0 spiro atoms. The number of ether oxygens (including phenoxy) is 2. The Morgan fingerprint density at radius 2 is 1.16 bits per heavy atom. The summed E-state index contributed by atoms with van der Waals surface area (Å²) in [6.45, 7) is 8.63. The van der Waals surface area contributed by atoms with E-state index in [1.165, 1.54) is 0 Å². The van der Waals surface area contributed by atoms with Crippen LogP contribution in [0.5, 0.6) is 0 Å². The number of benzene rings is 3. The third-order valence-corrected chi connectivity index (χ3v) is 6.15. The summed E-state index contributed by atoms with van der Waals surface area (Å²) in [4.78, 5) is 13.6. The molecule has 1 unspecified atom stereocenters. The minimum absolute atomic E-state index is 0.328. The lowest BCUT2D eigenvalue weighted by Gasteiger charge is -2.21. The van der Waals surface area contributed by atoms with Gasteiger partial charge in [-0.2, -0.15) is 0 Å². The fourth-order valence-electron chi connectivity index (χ4n) is 4.24. The third kappa shape index (κ3) is 3.57. The zero-order chi connectivity index (χ0) is 22.1. The molecule has 0 radical (unpaired) electrons. The van der Waals surface area contributed by atoms with Gasteiger partial charge in [0.05, 0.1) is 6.61 Å². The molecule has 0 aliphatic carbocycles. The van der Waals surface area contributed by atoms with E-state index in [9.17, 15) is 4.79 Å². The first kappa shape index (κ1) is 21.3. The van der Waals surface area contributed by atoms with Crippen molar-refractivity contribution >= 4 is 5.97 Å². The maximum atomic E-state index is 13.6.